The molecule has 0 amide bonds. The number of benzene rings is 2. The number of imidazole rings is 1. The van der Waals surface area contributed by atoms with E-state index in [4.69, 9.17) is 0 Å². The molecule has 0 N–H and O–H groups in total. The number of rotatable bonds is 7. The van der Waals surface area contributed by atoms with Gasteiger partial charge in [0.25, 0.3) is 5.56 Å². The van der Waals surface area contributed by atoms with Crippen LogP contribution in [0.2, 0.25) is 0 Å². The molecule has 2 heterocycles. The lowest BCUT2D eigenvalue weighted by Crippen LogP contribution is -2.40. The molecule has 0 bridgehead atoms. The maximum absolute atomic E-state index is 14.3. The Kier molecular flexibility index (Phi) is 6.31. The van der Waals surface area contributed by atoms with Gasteiger partial charge in [-0.3, -0.25) is 9.36 Å². The fourth-order valence-corrected chi connectivity index (χ4v) is 3.94. The minimum Gasteiger partial charge on any atom is -0.320 e. The first kappa shape index (κ1) is 22.7. The summed E-state index contributed by atoms with van der Waals surface area (Å²) in [5.41, 5.74) is 1.99. The Morgan fingerprint density at radius 2 is 1.67 bits per heavy atom. The highest BCUT2D eigenvalue weighted by molar-refractivity contribution is 5.72. The van der Waals surface area contributed by atoms with Gasteiger partial charge < -0.3 is 4.57 Å². The van der Waals surface area contributed by atoms with Crippen LogP contribution >= 0.6 is 0 Å². The number of hydrogen-bond acceptors (Lipinski definition) is 3. The average molecular weight is 449 g/mol. The summed E-state index contributed by atoms with van der Waals surface area (Å²) in [5, 5.41) is 0. The molecule has 0 saturated carbocycles. The zero-order chi connectivity index (χ0) is 23.7. The number of hydrogen-bond donors (Lipinski definition) is 0. The molecule has 4 aromatic rings. The van der Waals surface area contributed by atoms with Gasteiger partial charge in [0, 0.05) is 12.1 Å². The highest BCUT2D eigenvalue weighted by atomic mass is 19.1. The molecule has 2 aromatic carbocycles. The standard InChI is InChI=1S/C26H29FN4O2/c1-17(2)13-14-30-25(32)23-24(28-16-29(23)15-20-7-5-6-8-22(20)27)31(26(30)33)21-11-9-19(10-12-21)18(3)4/h5-12,16-18H,13-15H2,1-4H3. The monoisotopic (exact) mass is 448 g/mol. The number of fused-ring (bicyclic) bond motifs is 1. The minimum absolute atomic E-state index is 0.146. The molecule has 0 aliphatic heterocycles. The van der Waals surface area contributed by atoms with Gasteiger partial charge in [0.2, 0.25) is 0 Å². The third-order valence-corrected chi connectivity index (χ3v) is 5.95. The highest BCUT2D eigenvalue weighted by Crippen LogP contribution is 2.19. The largest absolute Gasteiger partial charge is 0.337 e. The molecule has 0 fully saturated rings. The van der Waals surface area contributed by atoms with Gasteiger partial charge in [-0.25, -0.2) is 18.7 Å². The molecule has 0 saturated heterocycles. The average Bonchev–Trinajstić information content (AvgIpc) is 3.19. The minimum atomic E-state index is -0.415. The van der Waals surface area contributed by atoms with Crippen molar-refractivity contribution in [2.45, 2.75) is 53.1 Å². The maximum atomic E-state index is 14.3. The van der Waals surface area contributed by atoms with Crippen LogP contribution in [0, 0.1) is 11.7 Å². The van der Waals surface area contributed by atoms with Crippen molar-refractivity contribution in [3.05, 3.63) is 92.6 Å². The van der Waals surface area contributed by atoms with Gasteiger partial charge in [-0.1, -0.05) is 58.0 Å². The summed E-state index contributed by atoms with van der Waals surface area (Å²) in [5.74, 6) is 0.335. The van der Waals surface area contributed by atoms with Crippen LogP contribution in [0.1, 0.15) is 51.2 Å². The number of aromatic nitrogens is 4. The van der Waals surface area contributed by atoms with E-state index in [9.17, 15) is 14.0 Å². The van der Waals surface area contributed by atoms with Crippen LogP contribution in [0.25, 0.3) is 16.9 Å². The van der Waals surface area contributed by atoms with Gasteiger partial charge in [-0.2, -0.15) is 0 Å². The predicted molar refractivity (Wildman–Crippen MR) is 129 cm³/mol. The van der Waals surface area contributed by atoms with E-state index in [2.05, 4.69) is 32.7 Å². The third kappa shape index (κ3) is 4.40. The zero-order valence-electron chi connectivity index (χ0n) is 19.5. The van der Waals surface area contributed by atoms with Crippen LogP contribution in [-0.2, 0) is 13.1 Å². The van der Waals surface area contributed by atoms with E-state index in [0.29, 0.717) is 36.1 Å². The topological polar surface area (TPSA) is 61.8 Å². The van der Waals surface area contributed by atoms with Gasteiger partial charge in [0.1, 0.15) is 5.82 Å². The Morgan fingerprint density at radius 3 is 2.30 bits per heavy atom. The smallest absolute Gasteiger partial charge is 0.320 e. The summed E-state index contributed by atoms with van der Waals surface area (Å²) in [6.45, 7) is 8.77. The van der Waals surface area contributed by atoms with Crippen molar-refractivity contribution < 1.29 is 4.39 Å². The lowest BCUT2D eigenvalue weighted by atomic mass is 10.0. The molecule has 172 valence electrons. The van der Waals surface area contributed by atoms with Crippen LogP contribution in [0.15, 0.2) is 64.4 Å². The number of nitrogens with zero attached hydrogens (tertiary/aromatic N) is 4. The van der Waals surface area contributed by atoms with Crippen molar-refractivity contribution in [3.63, 3.8) is 0 Å². The van der Waals surface area contributed by atoms with Crippen molar-refractivity contribution in [3.8, 4) is 5.69 Å². The first-order chi connectivity index (χ1) is 15.8. The van der Waals surface area contributed by atoms with E-state index < -0.39 is 11.2 Å². The third-order valence-electron chi connectivity index (χ3n) is 5.95. The molecule has 2 aromatic heterocycles. The normalized spacial score (nSPS) is 11.7. The molecular weight excluding hydrogens is 419 g/mol. The Bertz CT molecular complexity index is 1390. The van der Waals surface area contributed by atoms with Gasteiger partial charge in [0.05, 0.1) is 18.6 Å². The summed E-state index contributed by atoms with van der Waals surface area (Å²) < 4.78 is 18.7. The first-order valence-corrected chi connectivity index (χ1v) is 11.3. The Labute approximate surface area is 191 Å². The van der Waals surface area contributed by atoms with Crippen molar-refractivity contribution in [2.75, 3.05) is 0 Å². The highest BCUT2D eigenvalue weighted by Gasteiger charge is 2.20. The van der Waals surface area contributed by atoms with Gasteiger partial charge >= 0.3 is 5.69 Å². The molecule has 0 atom stereocenters. The van der Waals surface area contributed by atoms with Crippen LogP contribution in [-0.4, -0.2) is 18.7 Å². The van der Waals surface area contributed by atoms with E-state index in [1.54, 1.807) is 22.8 Å². The summed E-state index contributed by atoms with van der Waals surface area (Å²) in [4.78, 5) is 31.3. The molecular formula is C26H29FN4O2. The fraction of sp³-hybridized carbons (Fsp3) is 0.346. The van der Waals surface area contributed by atoms with Gasteiger partial charge in [0.15, 0.2) is 11.2 Å². The molecule has 0 radical (unpaired) electrons. The lowest BCUT2D eigenvalue weighted by molar-refractivity contribution is 0.491. The summed E-state index contributed by atoms with van der Waals surface area (Å²) >= 11 is 0. The Balaban J connectivity index is 1.94. The van der Waals surface area contributed by atoms with Crippen molar-refractivity contribution in [1.82, 2.24) is 18.7 Å². The summed E-state index contributed by atoms with van der Waals surface area (Å²) in [7, 11) is 0. The van der Waals surface area contributed by atoms with Crippen molar-refractivity contribution in [1.29, 1.82) is 0 Å². The Morgan fingerprint density at radius 1 is 0.970 bits per heavy atom. The molecule has 0 spiro atoms. The molecule has 0 unspecified atom stereocenters. The van der Waals surface area contributed by atoms with Crippen LogP contribution in [0.3, 0.4) is 0 Å². The molecule has 0 aliphatic carbocycles. The van der Waals surface area contributed by atoms with Crippen LogP contribution in [0.4, 0.5) is 4.39 Å². The van der Waals surface area contributed by atoms with Gasteiger partial charge in [-0.15, -0.1) is 0 Å². The zero-order valence-corrected chi connectivity index (χ0v) is 19.5. The molecule has 7 heteroatoms. The van der Waals surface area contributed by atoms with Crippen molar-refractivity contribution >= 4 is 11.2 Å². The summed E-state index contributed by atoms with van der Waals surface area (Å²) in [6.07, 6.45) is 2.19. The lowest BCUT2D eigenvalue weighted by Gasteiger charge is -2.14. The molecule has 0 aliphatic rings. The van der Waals surface area contributed by atoms with Crippen LogP contribution < -0.4 is 11.2 Å². The fourth-order valence-electron chi connectivity index (χ4n) is 3.94. The second-order valence-electron chi connectivity index (χ2n) is 9.14. The second kappa shape index (κ2) is 9.17. The number of halogens is 1. The van der Waals surface area contributed by atoms with E-state index >= 15 is 0 Å². The van der Waals surface area contributed by atoms with E-state index in [0.717, 1.165) is 5.56 Å². The predicted octanol–water partition coefficient (Wildman–Crippen LogP) is 4.71. The molecule has 4 rings (SSSR count). The van der Waals surface area contributed by atoms with Gasteiger partial charge in [-0.05, 0) is 42.0 Å². The van der Waals surface area contributed by atoms with Crippen LogP contribution in [0.5, 0.6) is 0 Å². The van der Waals surface area contributed by atoms with E-state index in [-0.39, 0.29) is 23.5 Å². The van der Waals surface area contributed by atoms with E-state index in [1.165, 1.54) is 21.5 Å². The maximum Gasteiger partial charge on any atom is 0.337 e. The van der Waals surface area contributed by atoms with Crippen molar-refractivity contribution in [2.24, 2.45) is 5.92 Å². The summed E-state index contributed by atoms with van der Waals surface area (Å²) in [6, 6.07) is 14.2. The first-order valence-electron chi connectivity index (χ1n) is 11.3. The Hall–Kier alpha value is -3.48. The van der Waals surface area contributed by atoms with E-state index in [1.807, 2.05) is 24.3 Å². The SMILES string of the molecule is CC(C)CCn1c(=O)c2c(ncn2Cc2ccccc2F)n(-c2ccc(C(C)C)cc2)c1=O. The second-order valence-corrected chi connectivity index (χ2v) is 9.14. The quantitative estimate of drug-likeness (QED) is 0.412. The molecule has 6 nitrogen and oxygen atoms in total. The molecule has 33 heavy (non-hydrogen) atoms.